The first-order valence-electron chi connectivity index (χ1n) is 11.4. The maximum absolute atomic E-state index is 5.65. The Morgan fingerprint density at radius 3 is 2.44 bits per heavy atom. The van der Waals surface area contributed by atoms with Crippen molar-refractivity contribution in [2.75, 3.05) is 47.2 Å². The zero-order chi connectivity index (χ0) is 25.4. The Morgan fingerprint density at radius 1 is 1.09 bits per heavy atom. The molecule has 1 heterocycles. The van der Waals surface area contributed by atoms with E-state index >= 15 is 0 Å². The lowest BCUT2D eigenvalue weighted by Gasteiger charge is -2.04. The second-order valence-corrected chi connectivity index (χ2v) is 8.01. The van der Waals surface area contributed by atoms with Gasteiger partial charge in [0.1, 0.15) is 11.5 Å². The van der Waals surface area contributed by atoms with Crippen molar-refractivity contribution < 1.29 is 18.6 Å². The summed E-state index contributed by atoms with van der Waals surface area (Å²) in [6.07, 6.45) is 9.64. The van der Waals surface area contributed by atoms with Gasteiger partial charge in [-0.3, -0.25) is 0 Å². The number of rotatable bonds is 13. The van der Waals surface area contributed by atoms with E-state index in [4.69, 9.17) is 18.6 Å². The monoisotopic (exact) mass is 491 g/mol. The van der Waals surface area contributed by atoms with Gasteiger partial charge in [0, 0.05) is 17.9 Å². The average Bonchev–Trinajstić information content (AvgIpc) is 3.29. The fraction of sp³-hybridized carbons (Fsp3) is 0.462. The summed E-state index contributed by atoms with van der Waals surface area (Å²) in [6.45, 7) is 7.33. The van der Waals surface area contributed by atoms with Gasteiger partial charge in [-0.1, -0.05) is 45.0 Å². The number of thioether (sulfide) groups is 1. The van der Waals surface area contributed by atoms with Crippen molar-refractivity contribution in [1.29, 1.82) is 0 Å². The molecule has 0 fully saturated rings. The maximum Gasteiger partial charge on any atom is 0.240 e. The minimum absolute atomic E-state index is 0.456. The molecule has 0 aliphatic rings. The first-order chi connectivity index (χ1) is 16.5. The predicted octanol–water partition coefficient (Wildman–Crippen LogP) is 6.07. The topological polar surface area (TPSA) is 69.8 Å². The molecule has 0 saturated carbocycles. The Kier molecular flexibility index (Phi) is 20.3. The van der Waals surface area contributed by atoms with E-state index in [1.165, 1.54) is 0 Å². The van der Waals surface area contributed by atoms with E-state index in [9.17, 15) is 0 Å². The number of allylic oxidation sites excluding steroid dienone is 3. The van der Waals surface area contributed by atoms with E-state index in [2.05, 4.69) is 17.1 Å². The zero-order valence-electron chi connectivity index (χ0n) is 21.7. The minimum Gasteiger partial charge on any atom is -0.504 e. The Labute approximate surface area is 209 Å². The third-order valence-electron chi connectivity index (χ3n) is 3.29. The van der Waals surface area contributed by atoms with Crippen molar-refractivity contribution in [3.63, 3.8) is 0 Å². The summed E-state index contributed by atoms with van der Waals surface area (Å²) in [5.74, 6) is 4.12. The van der Waals surface area contributed by atoms with Gasteiger partial charge in [-0.25, -0.2) is 0 Å². The quantitative estimate of drug-likeness (QED) is 0.190. The Hall–Kier alpha value is -2.71. The number of benzene rings is 1. The second kappa shape index (κ2) is 22.1. The molecule has 0 atom stereocenters. The number of para-hydroxylation sites is 1. The fourth-order valence-corrected chi connectivity index (χ4v) is 2.66. The van der Waals surface area contributed by atoms with Crippen LogP contribution in [0, 0.1) is 0 Å². The SMILES string of the molecule is CC.CCCOC(/C=C/OC)=C/C=C/c1nnc(CSCCOc2ccccc2)o1.CN(C)C. The van der Waals surface area contributed by atoms with E-state index in [-0.39, 0.29) is 0 Å². The molecule has 0 aliphatic carbocycles. The third kappa shape index (κ3) is 17.8. The van der Waals surface area contributed by atoms with Crippen molar-refractivity contribution in [3.8, 4) is 5.75 Å². The highest BCUT2D eigenvalue weighted by atomic mass is 32.2. The first-order valence-corrected chi connectivity index (χ1v) is 12.6. The standard InChI is InChI=1S/C21H26N2O4S.C3H9N.C2H6/c1-3-13-25-19(12-14-24-2)10-7-11-20-22-23-21(27-20)17-28-16-15-26-18-8-5-4-6-9-18;1-4(2)3;1-2/h4-12,14H,3,13,15-17H2,1-2H3;1-3H3;1-2H3/b11-7+,14-12+,19-10+;;. The molecule has 0 unspecified atom stereocenters. The van der Waals surface area contributed by atoms with Crippen molar-refractivity contribution in [1.82, 2.24) is 15.1 Å². The maximum atomic E-state index is 5.65. The lowest BCUT2D eigenvalue weighted by molar-refractivity contribution is 0.222. The van der Waals surface area contributed by atoms with Crippen LogP contribution in [0.5, 0.6) is 5.75 Å². The highest BCUT2D eigenvalue weighted by Crippen LogP contribution is 2.14. The van der Waals surface area contributed by atoms with Crippen LogP contribution in [0.4, 0.5) is 0 Å². The predicted molar refractivity (Wildman–Crippen MR) is 143 cm³/mol. The van der Waals surface area contributed by atoms with Crippen LogP contribution in [0.1, 0.15) is 39.0 Å². The third-order valence-corrected chi connectivity index (χ3v) is 4.19. The van der Waals surface area contributed by atoms with Gasteiger partial charge >= 0.3 is 0 Å². The number of ether oxygens (including phenoxy) is 3. The van der Waals surface area contributed by atoms with Gasteiger partial charge < -0.3 is 23.5 Å². The summed E-state index contributed by atoms with van der Waals surface area (Å²) >= 11 is 1.69. The molecule has 0 bridgehead atoms. The highest BCUT2D eigenvalue weighted by molar-refractivity contribution is 7.98. The van der Waals surface area contributed by atoms with Crippen molar-refractivity contribution >= 4 is 17.8 Å². The lowest BCUT2D eigenvalue weighted by atomic mass is 10.3. The lowest BCUT2D eigenvalue weighted by Crippen LogP contribution is -2.00. The van der Waals surface area contributed by atoms with Crippen LogP contribution in [0.2, 0.25) is 0 Å². The van der Waals surface area contributed by atoms with Crippen LogP contribution >= 0.6 is 11.8 Å². The van der Waals surface area contributed by atoms with Gasteiger partial charge in [-0.05, 0) is 45.8 Å². The molecule has 34 heavy (non-hydrogen) atoms. The van der Waals surface area contributed by atoms with Crippen LogP contribution in [-0.4, -0.2) is 62.3 Å². The van der Waals surface area contributed by atoms with E-state index < -0.39 is 0 Å². The molecule has 1 aromatic heterocycles. The van der Waals surface area contributed by atoms with Crippen LogP contribution in [-0.2, 0) is 15.2 Å². The van der Waals surface area contributed by atoms with E-state index in [1.807, 2.05) is 82.4 Å². The number of aromatic nitrogens is 2. The zero-order valence-corrected chi connectivity index (χ0v) is 22.5. The summed E-state index contributed by atoms with van der Waals surface area (Å²) in [4.78, 5) is 2.00. The molecule has 2 aromatic rings. The molecule has 2 rings (SSSR count). The molecule has 0 spiro atoms. The van der Waals surface area contributed by atoms with E-state index in [0.29, 0.717) is 36.5 Å². The minimum atomic E-state index is 0.456. The molecule has 0 aliphatic heterocycles. The van der Waals surface area contributed by atoms with Gasteiger partial charge in [0.25, 0.3) is 0 Å². The highest BCUT2D eigenvalue weighted by Gasteiger charge is 2.03. The molecule has 0 radical (unpaired) electrons. The van der Waals surface area contributed by atoms with Crippen molar-refractivity contribution in [3.05, 3.63) is 72.4 Å². The molecule has 1 aromatic carbocycles. The van der Waals surface area contributed by atoms with Gasteiger partial charge in [0.2, 0.25) is 11.8 Å². The molecule has 0 saturated heterocycles. The number of methoxy groups -OCH3 is 1. The summed E-state index contributed by atoms with van der Waals surface area (Å²) in [7, 11) is 7.59. The largest absolute Gasteiger partial charge is 0.504 e. The van der Waals surface area contributed by atoms with Crippen molar-refractivity contribution in [2.45, 2.75) is 32.9 Å². The molecule has 7 nitrogen and oxygen atoms in total. The summed E-state index contributed by atoms with van der Waals surface area (Å²) in [6, 6.07) is 9.77. The van der Waals surface area contributed by atoms with E-state index in [1.54, 1.807) is 37.3 Å². The number of hydrogen-bond acceptors (Lipinski definition) is 8. The average molecular weight is 492 g/mol. The van der Waals surface area contributed by atoms with Gasteiger partial charge in [0.05, 0.1) is 32.3 Å². The number of nitrogens with zero attached hydrogens (tertiary/aromatic N) is 3. The van der Waals surface area contributed by atoms with Gasteiger partial charge in [0.15, 0.2) is 0 Å². The molecule has 0 amide bonds. The van der Waals surface area contributed by atoms with Crippen LogP contribution in [0.15, 0.2) is 65.0 Å². The van der Waals surface area contributed by atoms with Crippen LogP contribution in [0.3, 0.4) is 0 Å². The van der Waals surface area contributed by atoms with Gasteiger partial charge in [-0.2, -0.15) is 0 Å². The smallest absolute Gasteiger partial charge is 0.240 e. The van der Waals surface area contributed by atoms with Crippen LogP contribution < -0.4 is 4.74 Å². The molecule has 190 valence electrons. The first kappa shape index (κ1) is 31.3. The molecule has 0 N–H and O–H groups in total. The van der Waals surface area contributed by atoms with Gasteiger partial charge in [-0.15, -0.1) is 22.0 Å². The molecular formula is C26H41N3O4S. The van der Waals surface area contributed by atoms with Crippen molar-refractivity contribution in [2.24, 2.45) is 0 Å². The summed E-state index contributed by atoms with van der Waals surface area (Å²) in [5, 5.41) is 8.08. The fourth-order valence-electron chi connectivity index (χ4n) is 2.02. The van der Waals surface area contributed by atoms with E-state index in [0.717, 1.165) is 17.9 Å². The Morgan fingerprint density at radius 2 is 1.79 bits per heavy atom. The molecule has 8 heteroatoms. The summed E-state index contributed by atoms with van der Waals surface area (Å²) < 4.78 is 21.8. The second-order valence-electron chi connectivity index (χ2n) is 6.90. The normalized spacial score (nSPS) is 11.1. The Bertz CT molecular complexity index is 803. The molecular weight excluding hydrogens is 450 g/mol. The van der Waals surface area contributed by atoms with Crippen LogP contribution in [0.25, 0.3) is 6.08 Å². The number of hydrogen-bond donors (Lipinski definition) is 0. The summed E-state index contributed by atoms with van der Waals surface area (Å²) in [5.41, 5.74) is 0. The Balaban J connectivity index is 0.00000164.